The van der Waals surface area contributed by atoms with E-state index in [1.165, 1.54) is 38.6 Å². The van der Waals surface area contributed by atoms with E-state index in [4.69, 9.17) is 0 Å². The number of nitrogens with zero attached hydrogens (tertiary/aromatic N) is 1. The molecule has 0 radical (unpaired) electrons. The second-order valence-corrected chi connectivity index (χ2v) is 6.20. The van der Waals surface area contributed by atoms with Gasteiger partial charge in [0.2, 0.25) is 0 Å². The SMILES string of the molecule is CCCC1CCCCN1C(C)CC(C)(CO)NC. The summed E-state index contributed by atoms with van der Waals surface area (Å²) in [6.45, 7) is 8.15. The van der Waals surface area contributed by atoms with Crippen LogP contribution in [-0.4, -0.2) is 47.8 Å². The molecule has 1 aliphatic heterocycles. The first-order valence-electron chi connectivity index (χ1n) is 7.62. The standard InChI is InChI=1S/C15H32N2O/c1-5-8-14-9-6-7-10-17(14)13(2)11-15(3,12-18)16-4/h13-14,16,18H,5-12H2,1-4H3. The van der Waals surface area contributed by atoms with Crippen molar-refractivity contribution in [1.29, 1.82) is 0 Å². The summed E-state index contributed by atoms with van der Waals surface area (Å²) in [5, 5.41) is 12.8. The van der Waals surface area contributed by atoms with Gasteiger partial charge in [-0.2, -0.15) is 0 Å². The number of rotatable bonds is 7. The van der Waals surface area contributed by atoms with Gasteiger partial charge in [-0.15, -0.1) is 0 Å². The first-order chi connectivity index (χ1) is 8.56. The fraction of sp³-hybridized carbons (Fsp3) is 1.00. The van der Waals surface area contributed by atoms with Gasteiger partial charge < -0.3 is 10.4 Å². The van der Waals surface area contributed by atoms with Crippen molar-refractivity contribution in [3.8, 4) is 0 Å². The molecule has 0 aromatic heterocycles. The predicted molar refractivity (Wildman–Crippen MR) is 77.9 cm³/mol. The Bertz CT molecular complexity index is 227. The first kappa shape index (κ1) is 15.9. The van der Waals surface area contributed by atoms with Gasteiger partial charge in [-0.25, -0.2) is 0 Å². The Balaban J connectivity index is 2.59. The van der Waals surface area contributed by atoms with Crippen LogP contribution in [-0.2, 0) is 0 Å². The maximum Gasteiger partial charge on any atom is 0.0611 e. The molecular weight excluding hydrogens is 224 g/mol. The summed E-state index contributed by atoms with van der Waals surface area (Å²) in [6, 6.07) is 1.31. The summed E-state index contributed by atoms with van der Waals surface area (Å²) >= 11 is 0. The van der Waals surface area contributed by atoms with E-state index in [-0.39, 0.29) is 12.1 Å². The normalized spacial score (nSPS) is 26.8. The summed E-state index contributed by atoms with van der Waals surface area (Å²) in [4.78, 5) is 2.68. The van der Waals surface area contributed by atoms with Crippen molar-refractivity contribution in [2.24, 2.45) is 0 Å². The Kier molecular flexibility index (Phi) is 6.61. The Labute approximate surface area is 113 Å². The van der Waals surface area contributed by atoms with E-state index in [1.807, 2.05) is 7.05 Å². The molecule has 108 valence electrons. The van der Waals surface area contributed by atoms with Gasteiger partial charge in [0.1, 0.15) is 0 Å². The van der Waals surface area contributed by atoms with Crippen LogP contribution in [0.4, 0.5) is 0 Å². The number of likely N-dealkylation sites (N-methyl/N-ethyl adjacent to an activating group) is 1. The molecule has 0 aromatic carbocycles. The zero-order chi connectivity index (χ0) is 13.6. The molecule has 1 saturated heterocycles. The Morgan fingerprint density at radius 2 is 2.17 bits per heavy atom. The fourth-order valence-corrected chi connectivity index (χ4v) is 3.26. The number of hydrogen-bond donors (Lipinski definition) is 2. The maximum atomic E-state index is 9.52. The van der Waals surface area contributed by atoms with E-state index in [2.05, 4.69) is 31.0 Å². The second-order valence-electron chi connectivity index (χ2n) is 6.20. The molecule has 18 heavy (non-hydrogen) atoms. The van der Waals surface area contributed by atoms with E-state index in [1.54, 1.807) is 0 Å². The molecule has 0 spiro atoms. The highest BCUT2D eigenvalue weighted by Crippen LogP contribution is 2.26. The fourth-order valence-electron chi connectivity index (χ4n) is 3.26. The lowest BCUT2D eigenvalue weighted by Crippen LogP contribution is -2.52. The van der Waals surface area contributed by atoms with Crippen molar-refractivity contribution in [1.82, 2.24) is 10.2 Å². The lowest BCUT2D eigenvalue weighted by molar-refractivity contribution is 0.0633. The number of aliphatic hydroxyl groups is 1. The van der Waals surface area contributed by atoms with Crippen LogP contribution >= 0.6 is 0 Å². The number of nitrogens with one attached hydrogen (secondary N) is 1. The second kappa shape index (κ2) is 7.46. The highest BCUT2D eigenvalue weighted by molar-refractivity contribution is 4.89. The number of likely N-dealkylation sites (tertiary alicyclic amines) is 1. The van der Waals surface area contributed by atoms with Crippen LogP contribution in [0.2, 0.25) is 0 Å². The van der Waals surface area contributed by atoms with Gasteiger partial charge in [0.25, 0.3) is 0 Å². The topological polar surface area (TPSA) is 35.5 Å². The van der Waals surface area contributed by atoms with Crippen molar-refractivity contribution in [3.63, 3.8) is 0 Å². The average Bonchev–Trinajstić information content (AvgIpc) is 2.39. The molecule has 3 atom stereocenters. The molecule has 1 aliphatic rings. The third kappa shape index (κ3) is 4.22. The van der Waals surface area contributed by atoms with Crippen molar-refractivity contribution in [2.75, 3.05) is 20.2 Å². The van der Waals surface area contributed by atoms with E-state index < -0.39 is 0 Å². The Hall–Kier alpha value is -0.120. The summed E-state index contributed by atoms with van der Waals surface area (Å²) in [7, 11) is 1.95. The smallest absolute Gasteiger partial charge is 0.0611 e. The van der Waals surface area contributed by atoms with Crippen LogP contribution in [0.15, 0.2) is 0 Å². The van der Waals surface area contributed by atoms with E-state index in [0.717, 1.165) is 12.5 Å². The minimum atomic E-state index is -0.145. The van der Waals surface area contributed by atoms with Gasteiger partial charge in [-0.1, -0.05) is 19.8 Å². The van der Waals surface area contributed by atoms with Crippen LogP contribution in [0.25, 0.3) is 0 Å². The third-order valence-corrected chi connectivity index (χ3v) is 4.56. The molecule has 0 aromatic rings. The minimum Gasteiger partial charge on any atom is -0.394 e. The van der Waals surface area contributed by atoms with Crippen LogP contribution in [0.5, 0.6) is 0 Å². The quantitative estimate of drug-likeness (QED) is 0.734. The van der Waals surface area contributed by atoms with Crippen LogP contribution < -0.4 is 5.32 Å². The molecule has 0 aliphatic carbocycles. The van der Waals surface area contributed by atoms with Crippen molar-refractivity contribution in [2.45, 2.75) is 76.9 Å². The molecule has 0 bridgehead atoms. The first-order valence-corrected chi connectivity index (χ1v) is 7.62. The Morgan fingerprint density at radius 3 is 2.72 bits per heavy atom. The van der Waals surface area contributed by atoms with E-state index in [0.29, 0.717) is 6.04 Å². The van der Waals surface area contributed by atoms with Gasteiger partial charge in [0.05, 0.1) is 6.61 Å². The molecule has 1 heterocycles. The lowest BCUT2D eigenvalue weighted by atomic mass is 9.90. The van der Waals surface area contributed by atoms with E-state index in [9.17, 15) is 5.11 Å². The molecule has 0 amide bonds. The largest absolute Gasteiger partial charge is 0.394 e. The minimum absolute atomic E-state index is 0.145. The molecule has 3 unspecified atom stereocenters. The molecule has 1 rings (SSSR count). The highest BCUT2D eigenvalue weighted by Gasteiger charge is 2.31. The van der Waals surface area contributed by atoms with Crippen molar-refractivity contribution < 1.29 is 5.11 Å². The van der Waals surface area contributed by atoms with Crippen LogP contribution in [0.1, 0.15) is 59.3 Å². The van der Waals surface area contributed by atoms with Gasteiger partial charge >= 0.3 is 0 Å². The number of aliphatic hydroxyl groups excluding tert-OH is 1. The van der Waals surface area contributed by atoms with Gasteiger partial charge in [-0.3, -0.25) is 4.90 Å². The van der Waals surface area contributed by atoms with Gasteiger partial charge in [0, 0.05) is 17.6 Å². The molecule has 3 heteroatoms. The zero-order valence-corrected chi connectivity index (χ0v) is 12.7. The molecular formula is C15H32N2O. The molecule has 0 saturated carbocycles. The van der Waals surface area contributed by atoms with Crippen molar-refractivity contribution in [3.05, 3.63) is 0 Å². The van der Waals surface area contributed by atoms with E-state index >= 15 is 0 Å². The molecule has 1 fully saturated rings. The maximum absolute atomic E-state index is 9.52. The number of piperidine rings is 1. The van der Waals surface area contributed by atoms with Crippen LogP contribution in [0.3, 0.4) is 0 Å². The molecule has 2 N–H and O–H groups in total. The number of hydrogen-bond acceptors (Lipinski definition) is 3. The average molecular weight is 256 g/mol. The lowest BCUT2D eigenvalue weighted by Gasteiger charge is -2.43. The monoisotopic (exact) mass is 256 g/mol. The van der Waals surface area contributed by atoms with Gasteiger partial charge in [-0.05, 0) is 53.1 Å². The zero-order valence-electron chi connectivity index (χ0n) is 12.7. The van der Waals surface area contributed by atoms with Crippen molar-refractivity contribution >= 4 is 0 Å². The highest BCUT2D eigenvalue weighted by atomic mass is 16.3. The predicted octanol–water partition coefficient (Wildman–Crippen LogP) is 2.39. The summed E-state index contributed by atoms with van der Waals surface area (Å²) in [6.07, 6.45) is 7.68. The third-order valence-electron chi connectivity index (χ3n) is 4.56. The Morgan fingerprint density at radius 1 is 1.44 bits per heavy atom. The summed E-state index contributed by atoms with van der Waals surface area (Å²) in [5.41, 5.74) is -0.145. The van der Waals surface area contributed by atoms with Crippen LogP contribution in [0, 0.1) is 0 Å². The summed E-state index contributed by atoms with van der Waals surface area (Å²) in [5.74, 6) is 0. The molecule has 3 nitrogen and oxygen atoms in total. The summed E-state index contributed by atoms with van der Waals surface area (Å²) < 4.78 is 0. The van der Waals surface area contributed by atoms with Gasteiger partial charge in [0.15, 0.2) is 0 Å².